The number of carbonyl (C=O) groups excluding carboxylic acids is 2. The summed E-state index contributed by atoms with van der Waals surface area (Å²) in [4.78, 5) is 32.7. The van der Waals surface area contributed by atoms with Gasteiger partial charge in [0, 0.05) is 6.07 Å². The van der Waals surface area contributed by atoms with Gasteiger partial charge in [0.15, 0.2) is 5.76 Å². The van der Waals surface area contributed by atoms with E-state index in [-0.39, 0.29) is 5.76 Å². The maximum absolute atomic E-state index is 11.2. The zero-order valence-electron chi connectivity index (χ0n) is 7.27. The maximum atomic E-state index is 11.2. The Morgan fingerprint density at radius 2 is 2.14 bits per heavy atom. The van der Waals surface area contributed by atoms with E-state index >= 15 is 0 Å². The fourth-order valence-corrected chi connectivity index (χ4v) is 0.913. The van der Waals surface area contributed by atoms with Gasteiger partial charge in [0.1, 0.15) is 0 Å². The molecule has 5 nitrogen and oxygen atoms in total. The van der Waals surface area contributed by atoms with Crippen molar-refractivity contribution in [1.82, 2.24) is 5.32 Å². The molecule has 0 fully saturated rings. The van der Waals surface area contributed by atoms with Crippen LogP contribution in [0, 0.1) is 0 Å². The summed E-state index contributed by atoms with van der Waals surface area (Å²) in [5.74, 6) is -0.901. The minimum atomic E-state index is -0.720. The quantitative estimate of drug-likeness (QED) is 0.748. The lowest BCUT2D eigenvalue weighted by atomic mass is 10.4. The summed E-state index contributed by atoms with van der Waals surface area (Å²) < 4.78 is 4.56. The van der Waals surface area contributed by atoms with E-state index < -0.39 is 16.8 Å². The zero-order chi connectivity index (χ0) is 10.6. The highest BCUT2D eigenvalue weighted by atomic mass is 32.2. The molecular formula is C8H7NO4S. The lowest BCUT2D eigenvalue weighted by Crippen LogP contribution is -2.27. The van der Waals surface area contributed by atoms with E-state index in [2.05, 4.69) is 4.42 Å². The Bertz CT molecular complexity index is 412. The maximum Gasteiger partial charge on any atom is 0.336 e. The second-order valence-corrected chi connectivity index (χ2v) is 3.04. The van der Waals surface area contributed by atoms with Crippen LogP contribution in [0.5, 0.6) is 0 Å². The zero-order valence-corrected chi connectivity index (χ0v) is 8.09. The van der Waals surface area contributed by atoms with Crippen LogP contribution in [0.2, 0.25) is 0 Å². The summed E-state index contributed by atoms with van der Waals surface area (Å²) in [6.45, 7) is 0. The predicted molar refractivity (Wildman–Crippen MR) is 51.4 cm³/mol. The van der Waals surface area contributed by atoms with Crippen molar-refractivity contribution in [2.45, 2.75) is 0 Å². The Morgan fingerprint density at radius 3 is 2.71 bits per heavy atom. The molecule has 6 heteroatoms. The lowest BCUT2D eigenvalue weighted by molar-refractivity contribution is 0.0938. The van der Waals surface area contributed by atoms with E-state index in [1.807, 2.05) is 5.32 Å². The van der Waals surface area contributed by atoms with E-state index in [0.717, 1.165) is 11.8 Å². The SMILES string of the molecule is CSC(=O)NC(=O)c1cccc(=O)o1. The molecule has 0 aliphatic rings. The monoisotopic (exact) mass is 213 g/mol. The van der Waals surface area contributed by atoms with E-state index in [9.17, 15) is 14.4 Å². The molecule has 0 aliphatic heterocycles. The van der Waals surface area contributed by atoms with E-state index in [1.54, 1.807) is 0 Å². The van der Waals surface area contributed by atoms with Gasteiger partial charge in [0.2, 0.25) is 0 Å². The second-order valence-electron chi connectivity index (χ2n) is 2.26. The summed E-state index contributed by atoms with van der Waals surface area (Å²) in [6, 6.07) is 3.86. The molecule has 0 aromatic carbocycles. The summed E-state index contributed by atoms with van der Waals surface area (Å²) in [5, 5.41) is 1.53. The summed E-state index contributed by atoms with van der Waals surface area (Å²) in [7, 11) is 0. The molecule has 0 aliphatic carbocycles. The van der Waals surface area contributed by atoms with Crippen LogP contribution >= 0.6 is 11.8 Å². The first kappa shape index (κ1) is 10.5. The number of hydrogen-bond acceptors (Lipinski definition) is 5. The molecule has 74 valence electrons. The average molecular weight is 213 g/mol. The van der Waals surface area contributed by atoms with Crippen LogP contribution in [-0.4, -0.2) is 17.4 Å². The Kier molecular flexibility index (Phi) is 3.47. The number of rotatable bonds is 1. The minimum absolute atomic E-state index is 0.181. The van der Waals surface area contributed by atoms with Crippen LogP contribution in [0.1, 0.15) is 10.6 Å². The van der Waals surface area contributed by atoms with Crippen molar-refractivity contribution in [3.8, 4) is 0 Å². The molecule has 0 atom stereocenters. The molecule has 14 heavy (non-hydrogen) atoms. The molecule has 0 radical (unpaired) electrons. The third-order valence-electron chi connectivity index (χ3n) is 1.32. The Labute approximate surface area is 83.5 Å². The van der Waals surface area contributed by atoms with Gasteiger partial charge in [-0.05, 0) is 12.3 Å². The predicted octanol–water partition coefficient (Wildman–Crippen LogP) is 0.853. The van der Waals surface area contributed by atoms with Crippen molar-refractivity contribution < 1.29 is 14.0 Å². The van der Waals surface area contributed by atoms with Crippen LogP contribution in [0.15, 0.2) is 27.4 Å². The fourth-order valence-electron chi connectivity index (χ4n) is 0.718. The van der Waals surface area contributed by atoms with Crippen LogP contribution in [0.3, 0.4) is 0 Å². The Hall–Kier alpha value is -1.56. The third kappa shape index (κ3) is 2.74. The second kappa shape index (κ2) is 4.61. The average Bonchev–Trinajstić information content (AvgIpc) is 2.17. The van der Waals surface area contributed by atoms with Crippen LogP contribution < -0.4 is 10.9 Å². The number of thioether (sulfide) groups is 1. The Balaban J connectivity index is 2.80. The van der Waals surface area contributed by atoms with Crippen LogP contribution in [-0.2, 0) is 0 Å². The van der Waals surface area contributed by atoms with Crippen LogP contribution in [0.4, 0.5) is 4.79 Å². The molecule has 1 rings (SSSR count). The number of imide groups is 1. The van der Waals surface area contributed by atoms with Crippen molar-refractivity contribution in [1.29, 1.82) is 0 Å². The molecular weight excluding hydrogens is 206 g/mol. The molecule has 1 aromatic rings. The van der Waals surface area contributed by atoms with Crippen molar-refractivity contribution in [2.24, 2.45) is 0 Å². The molecule has 2 amide bonds. The van der Waals surface area contributed by atoms with Gasteiger partial charge in [-0.2, -0.15) is 0 Å². The van der Waals surface area contributed by atoms with E-state index in [0.29, 0.717) is 0 Å². The van der Waals surface area contributed by atoms with Crippen molar-refractivity contribution in [3.05, 3.63) is 34.4 Å². The van der Waals surface area contributed by atoms with Gasteiger partial charge in [0.25, 0.3) is 11.1 Å². The van der Waals surface area contributed by atoms with Crippen molar-refractivity contribution in [2.75, 3.05) is 6.26 Å². The molecule has 0 bridgehead atoms. The first-order valence-corrected chi connectivity index (χ1v) is 4.85. The van der Waals surface area contributed by atoms with Gasteiger partial charge in [0.05, 0.1) is 0 Å². The molecule has 1 aromatic heterocycles. The van der Waals surface area contributed by atoms with Gasteiger partial charge in [-0.15, -0.1) is 0 Å². The number of amides is 2. The molecule has 0 spiro atoms. The highest BCUT2D eigenvalue weighted by molar-refractivity contribution is 8.13. The van der Waals surface area contributed by atoms with Crippen molar-refractivity contribution >= 4 is 22.9 Å². The number of nitrogens with one attached hydrogen (secondary N) is 1. The highest BCUT2D eigenvalue weighted by Crippen LogP contribution is 1.98. The van der Waals surface area contributed by atoms with Gasteiger partial charge < -0.3 is 4.42 Å². The standard InChI is InChI=1S/C8H7NO4S/c1-14-8(12)9-7(11)5-3-2-4-6(10)13-5/h2-4H,1H3,(H,9,11,12). The normalized spacial score (nSPS) is 9.50. The highest BCUT2D eigenvalue weighted by Gasteiger charge is 2.11. The third-order valence-corrected chi connectivity index (χ3v) is 1.79. The summed E-state index contributed by atoms with van der Waals surface area (Å²) in [6.07, 6.45) is 1.53. The molecule has 0 unspecified atom stereocenters. The van der Waals surface area contributed by atoms with Gasteiger partial charge >= 0.3 is 5.63 Å². The van der Waals surface area contributed by atoms with Crippen molar-refractivity contribution in [3.63, 3.8) is 0 Å². The topological polar surface area (TPSA) is 76.4 Å². The lowest BCUT2D eigenvalue weighted by Gasteiger charge is -1.98. The van der Waals surface area contributed by atoms with E-state index in [1.165, 1.54) is 24.5 Å². The summed E-state index contributed by atoms with van der Waals surface area (Å²) in [5.41, 5.74) is -0.630. The van der Waals surface area contributed by atoms with Gasteiger partial charge in [-0.25, -0.2) is 4.79 Å². The van der Waals surface area contributed by atoms with Crippen LogP contribution in [0.25, 0.3) is 0 Å². The Morgan fingerprint density at radius 1 is 1.43 bits per heavy atom. The van der Waals surface area contributed by atoms with E-state index in [4.69, 9.17) is 0 Å². The minimum Gasteiger partial charge on any atom is -0.417 e. The van der Waals surface area contributed by atoms with Gasteiger partial charge in [-0.1, -0.05) is 17.8 Å². The molecule has 0 saturated carbocycles. The largest absolute Gasteiger partial charge is 0.417 e. The first-order chi connectivity index (χ1) is 6.63. The smallest absolute Gasteiger partial charge is 0.336 e. The van der Waals surface area contributed by atoms with Gasteiger partial charge in [-0.3, -0.25) is 14.9 Å². The molecule has 1 N–H and O–H groups in total. The molecule has 1 heterocycles. The summed E-state index contributed by atoms with van der Waals surface area (Å²) >= 11 is 0.861. The fraction of sp³-hybridized carbons (Fsp3) is 0.125. The molecule has 0 saturated heterocycles. The number of carbonyl (C=O) groups is 2. The first-order valence-electron chi connectivity index (χ1n) is 3.63. The number of hydrogen-bond donors (Lipinski definition) is 1.